The third-order valence-corrected chi connectivity index (χ3v) is 3.17. The topological polar surface area (TPSA) is 24.5 Å². The molecule has 2 rings (SSSR count). The molecule has 0 spiro atoms. The Labute approximate surface area is 80.4 Å². The predicted octanol–water partition coefficient (Wildman–Crippen LogP) is 0.318. The summed E-state index contributed by atoms with van der Waals surface area (Å²) in [5, 5.41) is 3.30. The van der Waals surface area contributed by atoms with Crippen molar-refractivity contribution < 1.29 is 4.74 Å². The maximum atomic E-state index is 5.34. The van der Waals surface area contributed by atoms with Gasteiger partial charge in [0.15, 0.2) is 0 Å². The number of ether oxygens (including phenoxy) is 1. The Kier molecular flexibility index (Phi) is 2.86. The number of nitrogens with one attached hydrogen (secondary N) is 1. The molecule has 0 bridgehead atoms. The SMILES string of the molecule is CNCC1(CN2CCOCC2)CC1. The molecule has 13 heavy (non-hydrogen) atoms. The minimum Gasteiger partial charge on any atom is -0.379 e. The first-order valence-electron chi connectivity index (χ1n) is 5.29. The Morgan fingerprint density at radius 2 is 2.00 bits per heavy atom. The first-order valence-corrected chi connectivity index (χ1v) is 5.29. The molecular weight excluding hydrogens is 164 g/mol. The maximum absolute atomic E-state index is 5.34. The summed E-state index contributed by atoms with van der Waals surface area (Å²) in [6.07, 6.45) is 2.82. The first kappa shape index (κ1) is 9.44. The Balaban J connectivity index is 1.76. The van der Waals surface area contributed by atoms with Crippen LogP contribution >= 0.6 is 0 Å². The predicted molar refractivity (Wildman–Crippen MR) is 52.9 cm³/mol. The average Bonchev–Trinajstić information content (AvgIpc) is 2.87. The minimum atomic E-state index is 0.617. The Hall–Kier alpha value is -0.120. The molecule has 1 aliphatic carbocycles. The van der Waals surface area contributed by atoms with Gasteiger partial charge in [-0.3, -0.25) is 4.90 Å². The molecule has 0 radical (unpaired) electrons. The van der Waals surface area contributed by atoms with Crippen molar-refractivity contribution in [2.45, 2.75) is 12.8 Å². The van der Waals surface area contributed by atoms with Crippen LogP contribution in [0, 0.1) is 5.41 Å². The monoisotopic (exact) mass is 184 g/mol. The van der Waals surface area contributed by atoms with Gasteiger partial charge in [0.05, 0.1) is 13.2 Å². The quantitative estimate of drug-likeness (QED) is 0.681. The van der Waals surface area contributed by atoms with Gasteiger partial charge in [-0.2, -0.15) is 0 Å². The van der Waals surface area contributed by atoms with Crippen molar-refractivity contribution in [3.63, 3.8) is 0 Å². The second kappa shape index (κ2) is 3.95. The lowest BCUT2D eigenvalue weighted by Crippen LogP contribution is -2.42. The number of hydrogen-bond donors (Lipinski definition) is 1. The Morgan fingerprint density at radius 1 is 1.31 bits per heavy atom. The largest absolute Gasteiger partial charge is 0.379 e. The fourth-order valence-electron chi connectivity index (χ4n) is 2.18. The summed E-state index contributed by atoms with van der Waals surface area (Å²) in [6, 6.07) is 0. The summed E-state index contributed by atoms with van der Waals surface area (Å²) in [5.74, 6) is 0. The van der Waals surface area contributed by atoms with Crippen molar-refractivity contribution >= 4 is 0 Å². The van der Waals surface area contributed by atoms with E-state index in [9.17, 15) is 0 Å². The highest BCUT2D eigenvalue weighted by atomic mass is 16.5. The molecular formula is C10H20N2O. The normalized spacial score (nSPS) is 27.5. The van der Waals surface area contributed by atoms with Gasteiger partial charge in [0.1, 0.15) is 0 Å². The second-order valence-electron chi connectivity index (χ2n) is 4.42. The van der Waals surface area contributed by atoms with E-state index in [2.05, 4.69) is 17.3 Å². The van der Waals surface area contributed by atoms with E-state index in [1.165, 1.54) is 25.9 Å². The molecule has 0 aromatic heterocycles. The van der Waals surface area contributed by atoms with E-state index in [1.54, 1.807) is 0 Å². The molecule has 1 aliphatic heterocycles. The van der Waals surface area contributed by atoms with Gasteiger partial charge in [-0.25, -0.2) is 0 Å². The third-order valence-electron chi connectivity index (χ3n) is 3.17. The van der Waals surface area contributed by atoms with Crippen LogP contribution in [-0.4, -0.2) is 51.3 Å². The van der Waals surface area contributed by atoms with E-state index in [-0.39, 0.29) is 0 Å². The number of rotatable bonds is 4. The molecule has 76 valence electrons. The molecule has 1 saturated carbocycles. The van der Waals surface area contributed by atoms with E-state index < -0.39 is 0 Å². The number of nitrogens with zero attached hydrogens (tertiary/aromatic N) is 1. The fraction of sp³-hybridized carbons (Fsp3) is 1.00. The van der Waals surface area contributed by atoms with Gasteiger partial charge in [-0.15, -0.1) is 0 Å². The van der Waals surface area contributed by atoms with Crippen molar-refractivity contribution in [1.82, 2.24) is 10.2 Å². The first-order chi connectivity index (χ1) is 6.35. The summed E-state index contributed by atoms with van der Waals surface area (Å²) in [5.41, 5.74) is 0.617. The Bertz CT molecular complexity index is 162. The zero-order chi connectivity index (χ0) is 9.15. The van der Waals surface area contributed by atoms with Crippen LogP contribution in [0.5, 0.6) is 0 Å². The highest BCUT2D eigenvalue weighted by Gasteiger charge is 2.43. The molecule has 0 aromatic rings. The summed E-state index contributed by atoms with van der Waals surface area (Å²) in [4.78, 5) is 2.55. The van der Waals surface area contributed by atoms with Crippen LogP contribution < -0.4 is 5.32 Å². The lowest BCUT2D eigenvalue weighted by Gasteiger charge is -2.30. The molecule has 0 atom stereocenters. The lowest BCUT2D eigenvalue weighted by molar-refractivity contribution is 0.0285. The van der Waals surface area contributed by atoms with Crippen molar-refractivity contribution in [2.24, 2.45) is 5.41 Å². The van der Waals surface area contributed by atoms with Crippen molar-refractivity contribution in [3.05, 3.63) is 0 Å². The van der Waals surface area contributed by atoms with E-state index in [1.807, 2.05) is 0 Å². The van der Waals surface area contributed by atoms with Crippen LogP contribution in [0.15, 0.2) is 0 Å². The molecule has 1 saturated heterocycles. The van der Waals surface area contributed by atoms with Gasteiger partial charge in [0.2, 0.25) is 0 Å². The zero-order valence-corrected chi connectivity index (χ0v) is 8.51. The maximum Gasteiger partial charge on any atom is 0.0594 e. The fourth-order valence-corrected chi connectivity index (χ4v) is 2.18. The highest BCUT2D eigenvalue weighted by Crippen LogP contribution is 2.45. The summed E-state index contributed by atoms with van der Waals surface area (Å²) < 4.78 is 5.34. The van der Waals surface area contributed by atoms with Gasteiger partial charge in [-0.1, -0.05) is 0 Å². The van der Waals surface area contributed by atoms with Gasteiger partial charge in [0, 0.05) is 26.2 Å². The standard InChI is InChI=1S/C10H20N2O/c1-11-8-10(2-3-10)9-12-4-6-13-7-5-12/h11H,2-9H2,1H3. The summed E-state index contributed by atoms with van der Waals surface area (Å²) >= 11 is 0. The highest BCUT2D eigenvalue weighted by molar-refractivity contribution is 4.97. The average molecular weight is 184 g/mol. The lowest BCUT2D eigenvalue weighted by atomic mass is 10.1. The zero-order valence-electron chi connectivity index (χ0n) is 8.51. The van der Waals surface area contributed by atoms with Gasteiger partial charge >= 0.3 is 0 Å². The minimum absolute atomic E-state index is 0.617. The van der Waals surface area contributed by atoms with Gasteiger partial charge in [-0.05, 0) is 25.3 Å². The third kappa shape index (κ3) is 2.42. The second-order valence-corrected chi connectivity index (χ2v) is 4.42. The molecule has 1 N–H and O–H groups in total. The Morgan fingerprint density at radius 3 is 2.54 bits per heavy atom. The molecule has 0 amide bonds. The van der Waals surface area contributed by atoms with Crippen LogP contribution in [0.25, 0.3) is 0 Å². The molecule has 3 heteroatoms. The summed E-state index contributed by atoms with van der Waals surface area (Å²) in [6.45, 7) is 6.57. The number of morpholine rings is 1. The van der Waals surface area contributed by atoms with Crippen molar-refractivity contribution in [2.75, 3.05) is 46.4 Å². The van der Waals surface area contributed by atoms with E-state index in [0.717, 1.165) is 26.3 Å². The van der Waals surface area contributed by atoms with E-state index in [0.29, 0.717) is 5.41 Å². The van der Waals surface area contributed by atoms with Crippen LogP contribution in [0.1, 0.15) is 12.8 Å². The van der Waals surface area contributed by atoms with Gasteiger partial charge in [0.25, 0.3) is 0 Å². The summed E-state index contributed by atoms with van der Waals surface area (Å²) in [7, 11) is 2.05. The van der Waals surface area contributed by atoms with Crippen LogP contribution in [-0.2, 0) is 4.74 Å². The molecule has 0 aromatic carbocycles. The molecule has 3 nitrogen and oxygen atoms in total. The van der Waals surface area contributed by atoms with Gasteiger partial charge < -0.3 is 10.1 Å². The smallest absolute Gasteiger partial charge is 0.0594 e. The molecule has 2 fully saturated rings. The van der Waals surface area contributed by atoms with E-state index >= 15 is 0 Å². The van der Waals surface area contributed by atoms with Crippen molar-refractivity contribution in [3.8, 4) is 0 Å². The van der Waals surface area contributed by atoms with Crippen LogP contribution in [0.4, 0.5) is 0 Å². The number of hydrogen-bond acceptors (Lipinski definition) is 3. The van der Waals surface area contributed by atoms with Crippen LogP contribution in [0.2, 0.25) is 0 Å². The molecule has 1 heterocycles. The molecule has 0 unspecified atom stereocenters. The molecule has 2 aliphatic rings. The van der Waals surface area contributed by atoms with Crippen molar-refractivity contribution in [1.29, 1.82) is 0 Å². The van der Waals surface area contributed by atoms with Crippen LogP contribution in [0.3, 0.4) is 0 Å². The van der Waals surface area contributed by atoms with E-state index in [4.69, 9.17) is 4.74 Å².